The maximum absolute atomic E-state index is 12.4. The predicted octanol–water partition coefficient (Wildman–Crippen LogP) is 6.00. The summed E-state index contributed by atoms with van der Waals surface area (Å²) in [4.78, 5) is 19.2. The van der Waals surface area contributed by atoms with Crippen LogP contribution < -0.4 is 10.2 Å². The lowest BCUT2D eigenvalue weighted by Gasteiger charge is -2.25. The quantitative estimate of drug-likeness (QED) is 0.575. The number of hydrogen-bond acceptors (Lipinski definition) is 3. The van der Waals surface area contributed by atoms with Crippen molar-refractivity contribution in [1.82, 2.24) is 10.3 Å². The molecule has 1 amide bonds. The average molecular weight is 412 g/mol. The van der Waals surface area contributed by atoms with Crippen LogP contribution in [-0.4, -0.2) is 17.9 Å². The van der Waals surface area contributed by atoms with Crippen molar-refractivity contribution in [3.05, 3.63) is 89.6 Å². The molecule has 2 heterocycles. The Hall–Kier alpha value is -3.66. The van der Waals surface area contributed by atoms with Gasteiger partial charge < -0.3 is 10.2 Å². The first-order chi connectivity index (χ1) is 15.1. The number of aromatic nitrogens is 1. The molecule has 0 saturated carbocycles. The number of rotatable bonds is 3. The predicted molar refractivity (Wildman–Crippen MR) is 131 cm³/mol. The molecule has 1 aromatic heterocycles. The van der Waals surface area contributed by atoms with Crippen LogP contribution in [0.2, 0.25) is 0 Å². The van der Waals surface area contributed by atoms with Crippen LogP contribution in [0.1, 0.15) is 43.2 Å². The Balaban J connectivity index is 0.00000132. The lowest BCUT2D eigenvalue weighted by molar-refractivity contribution is -0.116. The van der Waals surface area contributed by atoms with E-state index in [1.165, 1.54) is 0 Å². The van der Waals surface area contributed by atoms with E-state index < -0.39 is 0 Å². The zero-order valence-electron chi connectivity index (χ0n) is 18.6. The second-order valence-electron chi connectivity index (χ2n) is 7.00. The van der Waals surface area contributed by atoms with Crippen LogP contribution in [0.5, 0.6) is 0 Å². The highest BCUT2D eigenvalue weighted by Gasteiger charge is 2.20. The molecular weight excluding hydrogens is 382 g/mol. The molecule has 3 aromatic rings. The Kier molecular flexibility index (Phi) is 7.03. The molecule has 4 rings (SSSR count). The molecule has 31 heavy (non-hydrogen) atoms. The Morgan fingerprint density at radius 3 is 2.39 bits per heavy atom. The van der Waals surface area contributed by atoms with Gasteiger partial charge in [0.1, 0.15) is 0 Å². The standard InChI is InChI=1S/C25H23N3O.C2H6/c1-17(26-3)21-9-5-6-10-22(21)23-15-14-19-12-13-20-8-4-7-11-25(20)28(18(2)29)16-24(19)27-23;1-2/h4-15,26H,1,16H2,2-3H3;1-2H3/b13-12-;. The van der Waals surface area contributed by atoms with Crippen LogP contribution in [0, 0.1) is 0 Å². The zero-order valence-corrected chi connectivity index (χ0v) is 18.6. The third-order valence-corrected chi connectivity index (χ3v) is 5.20. The third-order valence-electron chi connectivity index (χ3n) is 5.20. The molecular formula is C27H29N3O. The Labute approximate surface area is 185 Å². The fourth-order valence-corrected chi connectivity index (χ4v) is 3.61. The van der Waals surface area contributed by atoms with Crippen molar-refractivity contribution in [2.75, 3.05) is 11.9 Å². The summed E-state index contributed by atoms with van der Waals surface area (Å²) in [6, 6.07) is 20.1. The molecule has 2 aromatic carbocycles. The van der Waals surface area contributed by atoms with Gasteiger partial charge in [0.25, 0.3) is 0 Å². The molecule has 0 aliphatic carbocycles. The lowest BCUT2D eigenvalue weighted by Crippen LogP contribution is -2.29. The number of benzene rings is 2. The minimum absolute atomic E-state index is 0.00476. The average Bonchev–Trinajstić information content (AvgIpc) is 2.81. The van der Waals surface area contributed by atoms with E-state index in [2.05, 4.69) is 24.0 Å². The van der Waals surface area contributed by atoms with Gasteiger partial charge >= 0.3 is 0 Å². The molecule has 1 N–H and O–H groups in total. The van der Waals surface area contributed by atoms with Crippen molar-refractivity contribution in [2.24, 2.45) is 0 Å². The van der Waals surface area contributed by atoms with Gasteiger partial charge in [0, 0.05) is 30.8 Å². The lowest BCUT2D eigenvalue weighted by atomic mass is 9.99. The molecule has 0 spiro atoms. The topological polar surface area (TPSA) is 45.2 Å². The van der Waals surface area contributed by atoms with Gasteiger partial charge in [-0.3, -0.25) is 9.78 Å². The molecule has 0 radical (unpaired) electrons. The largest absolute Gasteiger partial charge is 0.388 e. The second-order valence-corrected chi connectivity index (χ2v) is 7.00. The maximum atomic E-state index is 12.4. The highest BCUT2D eigenvalue weighted by atomic mass is 16.2. The minimum atomic E-state index is -0.00476. The van der Waals surface area contributed by atoms with E-state index in [9.17, 15) is 4.79 Å². The van der Waals surface area contributed by atoms with Crippen LogP contribution in [0.15, 0.2) is 67.2 Å². The van der Waals surface area contributed by atoms with Crippen molar-refractivity contribution in [1.29, 1.82) is 0 Å². The summed E-state index contributed by atoms with van der Waals surface area (Å²) in [5.74, 6) is -0.00476. The summed E-state index contributed by atoms with van der Waals surface area (Å²) in [7, 11) is 1.86. The smallest absolute Gasteiger partial charge is 0.224 e. The van der Waals surface area contributed by atoms with Crippen LogP contribution in [0.25, 0.3) is 29.1 Å². The van der Waals surface area contributed by atoms with E-state index in [0.29, 0.717) is 6.54 Å². The zero-order chi connectivity index (χ0) is 22.4. The van der Waals surface area contributed by atoms with Gasteiger partial charge in [-0.1, -0.05) is 81.1 Å². The van der Waals surface area contributed by atoms with Crippen LogP contribution >= 0.6 is 0 Å². The number of carbonyl (C=O) groups excluding carboxylic acids is 1. The van der Waals surface area contributed by atoms with Gasteiger partial charge in [-0.05, 0) is 23.3 Å². The number of nitrogens with one attached hydrogen (secondary N) is 1. The van der Waals surface area contributed by atoms with Crippen molar-refractivity contribution < 1.29 is 4.79 Å². The van der Waals surface area contributed by atoms with Crippen LogP contribution in [0.4, 0.5) is 5.69 Å². The van der Waals surface area contributed by atoms with Crippen molar-refractivity contribution in [3.8, 4) is 11.3 Å². The highest BCUT2D eigenvalue weighted by Crippen LogP contribution is 2.31. The molecule has 1 aliphatic heterocycles. The Morgan fingerprint density at radius 2 is 1.65 bits per heavy atom. The number of nitrogens with zero attached hydrogens (tertiary/aromatic N) is 2. The van der Waals surface area contributed by atoms with Gasteiger partial charge in [0.15, 0.2) is 0 Å². The summed E-state index contributed by atoms with van der Waals surface area (Å²) in [6.45, 7) is 10.1. The van der Waals surface area contributed by atoms with Crippen LogP contribution in [0.3, 0.4) is 0 Å². The molecule has 0 bridgehead atoms. The fraction of sp³-hybridized carbons (Fsp3) is 0.185. The van der Waals surface area contributed by atoms with Crippen molar-refractivity contribution in [2.45, 2.75) is 27.3 Å². The number of pyridine rings is 1. The van der Waals surface area contributed by atoms with Gasteiger partial charge in [-0.2, -0.15) is 0 Å². The van der Waals surface area contributed by atoms with Crippen molar-refractivity contribution in [3.63, 3.8) is 0 Å². The van der Waals surface area contributed by atoms with E-state index >= 15 is 0 Å². The normalized spacial score (nSPS) is 12.8. The Bertz CT molecular complexity index is 1130. The number of carbonyl (C=O) groups is 1. The molecule has 4 heteroatoms. The van der Waals surface area contributed by atoms with E-state index in [4.69, 9.17) is 4.98 Å². The molecule has 0 fully saturated rings. The number of anilines is 1. The van der Waals surface area contributed by atoms with Gasteiger partial charge in [-0.25, -0.2) is 0 Å². The van der Waals surface area contributed by atoms with E-state index in [1.807, 2.05) is 81.6 Å². The first-order valence-electron chi connectivity index (χ1n) is 10.6. The molecule has 0 atom stereocenters. The number of hydrogen-bond donors (Lipinski definition) is 1. The first kappa shape index (κ1) is 22.0. The molecule has 158 valence electrons. The number of para-hydroxylation sites is 1. The molecule has 1 aliphatic rings. The summed E-state index contributed by atoms with van der Waals surface area (Å²) in [6.07, 6.45) is 4.11. The Morgan fingerprint density at radius 1 is 0.968 bits per heavy atom. The maximum Gasteiger partial charge on any atom is 0.224 e. The molecule has 0 unspecified atom stereocenters. The summed E-state index contributed by atoms with van der Waals surface area (Å²) < 4.78 is 0. The minimum Gasteiger partial charge on any atom is -0.388 e. The summed E-state index contributed by atoms with van der Waals surface area (Å²) in [5.41, 5.74) is 7.53. The van der Waals surface area contributed by atoms with Gasteiger partial charge in [0.2, 0.25) is 5.91 Å². The monoisotopic (exact) mass is 411 g/mol. The first-order valence-corrected chi connectivity index (χ1v) is 10.6. The summed E-state index contributed by atoms with van der Waals surface area (Å²) in [5, 5.41) is 3.12. The van der Waals surface area contributed by atoms with Gasteiger partial charge in [0.05, 0.1) is 23.6 Å². The number of amides is 1. The van der Waals surface area contributed by atoms with Crippen molar-refractivity contribution >= 4 is 29.4 Å². The van der Waals surface area contributed by atoms with E-state index in [-0.39, 0.29) is 5.91 Å². The van der Waals surface area contributed by atoms with E-state index in [1.54, 1.807) is 11.8 Å². The molecule has 0 saturated heterocycles. The number of fused-ring (bicyclic) bond motifs is 2. The highest BCUT2D eigenvalue weighted by molar-refractivity contribution is 5.95. The second kappa shape index (κ2) is 9.90. The SMILES string of the molecule is C=C(NC)c1ccccc1-c1ccc2c(n1)CN(C(C)=O)c1ccccc1/C=C\2.CC. The molecule has 4 nitrogen and oxygen atoms in total. The van der Waals surface area contributed by atoms with Gasteiger partial charge in [-0.15, -0.1) is 0 Å². The van der Waals surface area contributed by atoms with Crippen LogP contribution in [-0.2, 0) is 11.3 Å². The fourth-order valence-electron chi connectivity index (χ4n) is 3.61. The summed E-state index contributed by atoms with van der Waals surface area (Å²) >= 11 is 0. The third kappa shape index (κ3) is 4.58. The van der Waals surface area contributed by atoms with E-state index in [0.717, 1.165) is 45.0 Å².